The number of hydrogen-bond donors (Lipinski definition) is 1. The van der Waals surface area contributed by atoms with Gasteiger partial charge in [-0.25, -0.2) is 13.2 Å². The Kier molecular flexibility index (Phi) is 6.42. The van der Waals surface area contributed by atoms with Crippen molar-refractivity contribution in [1.29, 1.82) is 0 Å². The maximum absolute atomic E-state index is 13.0. The van der Waals surface area contributed by atoms with Crippen LogP contribution in [0.1, 0.15) is 51.3 Å². The fourth-order valence-corrected chi connectivity index (χ4v) is 6.49. The molecule has 9 nitrogen and oxygen atoms in total. The number of aromatic amines is 1. The summed E-state index contributed by atoms with van der Waals surface area (Å²) in [6.45, 7) is 5.22. The third-order valence-corrected chi connectivity index (χ3v) is 8.42. The Hall–Kier alpha value is -2.14. The van der Waals surface area contributed by atoms with Crippen LogP contribution in [0, 0.1) is 19.8 Å². The molecule has 0 unspecified atom stereocenters. The number of hydrogen-bond acceptors (Lipinski definition) is 8. The van der Waals surface area contributed by atoms with E-state index in [4.69, 9.17) is 4.74 Å². The van der Waals surface area contributed by atoms with Crippen LogP contribution in [-0.4, -0.2) is 63.8 Å². The number of carbonyl (C=O) groups is 2. The molecule has 0 bridgehead atoms. The molecule has 2 aromatic heterocycles. The largest absolute Gasteiger partial charge is 0.465 e. The number of nitrogens with zero attached hydrogens (tertiary/aromatic N) is 3. The fraction of sp³-hybridized carbons (Fsp3) is 0.579. The first-order chi connectivity index (χ1) is 14.0. The highest BCUT2D eigenvalue weighted by Crippen LogP contribution is 2.28. The maximum atomic E-state index is 13.0. The van der Waals surface area contributed by atoms with Crippen LogP contribution in [0.25, 0.3) is 0 Å². The average Bonchev–Trinajstić information content (AvgIpc) is 3.30. The summed E-state index contributed by atoms with van der Waals surface area (Å²) in [6, 6.07) is 0. The van der Waals surface area contributed by atoms with Crippen LogP contribution < -0.4 is 0 Å². The lowest BCUT2D eigenvalue weighted by Gasteiger charge is -2.11. The number of nitrogens with one attached hydrogen (secondary N) is 1. The number of ether oxygens (including phenoxy) is 1. The topological polar surface area (TPSA) is 124 Å². The van der Waals surface area contributed by atoms with Crippen molar-refractivity contribution in [1.82, 2.24) is 19.7 Å². The van der Waals surface area contributed by atoms with E-state index in [9.17, 15) is 18.0 Å². The van der Waals surface area contributed by atoms with E-state index < -0.39 is 21.1 Å². The minimum atomic E-state index is -2.94. The van der Waals surface area contributed by atoms with Crippen LogP contribution in [0.3, 0.4) is 0 Å². The quantitative estimate of drug-likeness (QED) is 0.382. The van der Waals surface area contributed by atoms with Crippen LogP contribution in [-0.2, 0) is 28.0 Å². The second kappa shape index (κ2) is 8.54. The Morgan fingerprint density at radius 3 is 2.63 bits per heavy atom. The average molecular weight is 455 g/mol. The highest BCUT2D eigenvalue weighted by atomic mass is 32.2. The van der Waals surface area contributed by atoms with E-state index in [0.29, 0.717) is 46.3 Å². The zero-order valence-electron chi connectivity index (χ0n) is 17.7. The molecule has 0 amide bonds. The van der Waals surface area contributed by atoms with Crippen LogP contribution in [0.4, 0.5) is 0 Å². The molecule has 164 valence electrons. The molecular formula is C19H26N4O5S2. The summed E-state index contributed by atoms with van der Waals surface area (Å²) in [7, 11) is 0.184. The monoisotopic (exact) mass is 454 g/mol. The van der Waals surface area contributed by atoms with Crippen molar-refractivity contribution in [2.45, 2.75) is 44.0 Å². The zero-order valence-corrected chi connectivity index (χ0v) is 19.3. The van der Waals surface area contributed by atoms with E-state index in [1.54, 1.807) is 20.8 Å². The number of esters is 1. The van der Waals surface area contributed by atoms with Crippen molar-refractivity contribution in [2.24, 2.45) is 13.0 Å². The molecule has 0 aliphatic carbocycles. The molecule has 0 aromatic carbocycles. The van der Waals surface area contributed by atoms with Crippen molar-refractivity contribution in [3.8, 4) is 0 Å². The number of Topliss-reactive ketones (excluding diaryl/α,β-unsaturated/α-hetero) is 1. The normalized spacial score (nSPS) is 19.0. The van der Waals surface area contributed by atoms with Crippen molar-refractivity contribution in [2.75, 3.05) is 18.6 Å². The second-order valence-electron chi connectivity index (χ2n) is 7.67. The lowest BCUT2D eigenvalue weighted by Crippen LogP contribution is -2.16. The van der Waals surface area contributed by atoms with Crippen LogP contribution in [0.2, 0.25) is 0 Å². The van der Waals surface area contributed by atoms with Gasteiger partial charge in [-0.2, -0.15) is 0 Å². The zero-order chi connectivity index (χ0) is 22.2. The number of rotatable bonds is 7. The molecule has 3 heterocycles. The van der Waals surface area contributed by atoms with E-state index in [1.807, 2.05) is 11.6 Å². The number of sulfone groups is 1. The lowest BCUT2D eigenvalue weighted by molar-refractivity contribution is 0.0599. The molecule has 30 heavy (non-hydrogen) atoms. The summed E-state index contributed by atoms with van der Waals surface area (Å²) >= 11 is 1.28. The molecule has 3 rings (SSSR count). The van der Waals surface area contributed by atoms with Crippen molar-refractivity contribution >= 4 is 33.4 Å². The van der Waals surface area contributed by atoms with Gasteiger partial charge in [-0.15, -0.1) is 10.2 Å². The van der Waals surface area contributed by atoms with E-state index in [1.165, 1.54) is 18.9 Å². The van der Waals surface area contributed by atoms with Gasteiger partial charge in [0.15, 0.2) is 20.8 Å². The van der Waals surface area contributed by atoms with Gasteiger partial charge in [0, 0.05) is 19.2 Å². The van der Waals surface area contributed by atoms with Gasteiger partial charge in [-0.3, -0.25) is 4.79 Å². The van der Waals surface area contributed by atoms with Crippen LogP contribution in [0.15, 0.2) is 5.16 Å². The SMILES string of the molecule is COC(=O)c1c(C)[nH]c(C(=O)[C@@H](C)Sc2nnc(C[C@@H]3CCS(=O)(=O)C3)n2C)c1C. The fourth-order valence-electron chi connectivity index (χ4n) is 3.74. The predicted molar refractivity (Wildman–Crippen MR) is 113 cm³/mol. The predicted octanol–water partition coefficient (Wildman–Crippen LogP) is 1.89. The van der Waals surface area contributed by atoms with Crippen LogP contribution >= 0.6 is 11.8 Å². The molecule has 1 N–H and O–H groups in total. The Bertz CT molecular complexity index is 1090. The van der Waals surface area contributed by atoms with Crippen molar-refractivity contribution in [3.63, 3.8) is 0 Å². The van der Waals surface area contributed by atoms with Gasteiger partial charge in [0.2, 0.25) is 0 Å². The molecular weight excluding hydrogens is 428 g/mol. The molecule has 1 fully saturated rings. The summed E-state index contributed by atoms with van der Waals surface area (Å²) in [4.78, 5) is 28.0. The van der Waals surface area contributed by atoms with Gasteiger partial charge in [0.1, 0.15) is 5.82 Å². The molecule has 2 aromatic rings. The molecule has 11 heteroatoms. The Morgan fingerprint density at radius 2 is 2.03 bits per heavy atom. The molecule has 1 aliphatic rings. The first kappa shape index (κ1) is 22.5. The highest BCUT2D eigenvalue weighted by molar-refractivity contribution is 8.00. The molecule has 1 saturated heterocycles. The number of ketones is 1. The minimum Gasteiger partial charge on any atom is -0.465 e. The molecule has 2 atom stereocenters. The van der Waals surface area contributed by atoms with Gasteiger partial charge in [0.05, 0.1) is 35.1 Å². The first-order valence-corrected chi connectivity index (χ1v) is 12.3. The molecule has 1 aliphatic heterocycles. The van der Waals surface area contributed by atoms with E-state index in [2.05, 4.69) is 15.2 Å². The molecule has 0 saturated carbocycles. The number of methoxy groups -OCH3 is 1. The lowest BCUT2D eigenvalue weighted by atomic mass is 10.1. The van der Waals surface area contributed by atoms with E-state index in [0.717, 1.165) is 0 Å². The maximum Gasteiger partial charge on any atom is 0.339 e. The van der Waals surface area contributed by atoms with Crippen LogP contribution in [0.5, 0.6) is 0 Å². The first-order valence-electron chi connectivity index (χ1n) is 9.61. The third-order valence-electron chi connectivity index (χ3n) is 5.45. The Morgan fingerprint density at radius 1 is 1.33 bits per heavy atom. The standard InChI is InChI=1S/C19H26N4O5S2/c1-10-15(18(25)28-5)11(2)20-16(10)17(24)12(3)29-19-22-21-14(23(19)4)8-13-6-7-30(26,27)9-13/h12-13,20H,6-9H2,1-5H3/t12-,13+/m1/s1. The number of thioether (sulfide) groups is 1. The Labute approximate surface area is 179 Å². The third kappa shape index (κ3) is 4.46. The van der Waals surface area contributed by atoms with Gasteiger partial charge in [-0.1, -0.05) is 11.8 Å². The summed E-state index contributed by atoms with van der Waals surface area (Å²) in [5.74, 6) is 0.543. The van der Waals surface area contributed by atoms with Gasteiger partial charge in [-0.05, 0) is 38.7 Å². The van der Waals surface area contributed by atoms with Gasteiger partial charge >= 0.3 is 5.97 Å². The van der Waals surface area contributed by atoms with Gasteiger partial charge < -0.3 is 14.3 Å². The number of aryl methyl sites for hydroxylation is 1. The van der Waals surface area contributed by atoms with E-state index >= 15 is 0 Å². The van der Waals surface area contributed by atoms with E-state index in [-0.39, 0.29) is 23.2 Å². The van der Waals surface area contributed by atoms with Gasteiger partial charge in [0.25, 0.3) is 0 Å². The second-order valence-corrected chi connectivity index (χ2v) is 11.2. The summed E-state index contributed by atoms with van der Waals surface area (Å²) in [5.41, 5.74) is 1.92. The Balaban J connectivity index is 1.72. The number of aromatic nitrogens is 4. The van der Waals surface area contributed by atoms with Crippen molar-refractivity contribution < 1.29 is 22.7 Å². The summed E-state index contributed by atoms with van der Waals surface area (Å²) in [6.07, 6.45) is 1.18. The number of H-pyrrole nitrogens is 1. The molecule has 0 spiro atoms. The molecule has 0 radical (unpaired) electrons. The smallest absolute Gasteiger partial charge is 0.339 e. The summed E-state index contributed by atoms with van der Waals surface area (Å²) < 4.78 is 30.0. The minimum absolute atomic E-state index is 0.0519. The van der Waals surface area contributed by atoms with Crippen molar-refractivity contribution in [3.05, 3.63) is 28.3 Å². The highest BCUT2D eigenvalue weighted by Gasteiger charge is 2.30. The summed E-state index contributed by atoms with van der Waals surface area (Å²) in [5, 5.41) is 8.51. The number of carbonyl (C=O) groups excluding carboxylic acids is 2.